The lowest BCUT2D eigenvalue weighted by Gasteiger charge is -2.26. The summed E-state index contributed by atoms with van der Waals surface area (Å²) in [5.74, 6) is 0.609. The first kappa shape index (κ1) is 13.5. The lowest BCUT2D eigenvalue weighted by molar-refractivity contribution is -0.145. The minimum absolute atomic E-state index is 0.0781. The third-order valence-electron chi connectivity index (χ3n) is 2.75. The highest BCUT2D eigenvalue weighted by Crippen LogP contribution is 2.03. The minimum atomic E-state index is -0.0781. The number of nitrogens with one attached hydrogen (secondary N) is 1. The molecule has 0 atom stereocenters. The Labute approximate surface area is 98.3 Å². The molecule has 1 fully saturated rings. The number of hydrogen-bond donors (Lipinski definition) is 1. The molecule has 1 aliphatic heterocycles. The van der Waals surface area contributed by atoms with Crippen LogP contribution < -0.4 is 5.32 Å². The van der Waals surface area contributed by atoms with E-state index < -0.39 is 0 Å². The number of esters is 1. The van der Waals surface area contributed by atoms with E-state index in [0.717, 1.165) is 39.0 Å². The number of nitrogens with zero attached hydrogens (tertiary/aromatic N) is 1. The van der Waals surface area contributed by atoms with Crippen molar-refractivity contribution in [1.82, 2.24) is 10.2 Å². The Hall–Kier alpha value is -0.610. The van der Waals surface area contributed by atoms with Crippen molar-refractivity contribution in [2.45, 2.75) is 26.7 Å². The maximum absolute atomic E-state index is 11.5. The number of carbonyl (C=O) groups is 1. The van der Waals surface area contributed by atoms with Crippen LogP contribution in [0.5, 0.6) is 0 Å². The van der Waals surface area contributed by atoms with E-state index in [2.05, 4.69) is 24.1 Å². The Kier molecular flexibility index (Phi) is 6.42. The summed E-state index contributed by atoms with van der Waals surface area (Å²) in [7, 11) is 0. The summed E-state index contributed by atoms with van der Waals surface area (Å²) in [6.45, 7) is 9.22. The molecule has 4 heteroatoms. The molecule has 0 radical (unpaired) electrons. The van der Waals surface area contributed by atoms with Crippen LogP contribution >= 0.6 is 0 Å². The molecule has 0 bridgehead atoms. The van der Waals surface area contributed by atoms with E-state index in [-0.39, 0.29) is 5.97 Å². The van der Waals surface area contributed by atoms with Gasteiger partial charge in [-0.15, -0.1) is 0 Å². The Morgan fingerprint density at radius 3 is 2.69 bits per heavy atom. The number of rotatable bonds is 6. The molecule has 4 nitrogen and oxygen atoms in total. The minimum Gasteiger partial charge on any atom is -0.465 e. The summed E-state index contributed by atoms with van der Waals surface area (Å²) in [5.41, 5.74) is 0. The van der Waals surface area contributed by atoms with Crippen molar-refractivity contribution in [3.63, 3.8) is 0 Å². The molecule has 0 unspecified atom stereocenters. The van der Waals surface area contributed by atoms with Gasteiger partial charge in [-0.3, -0.25) is 9.69 Å². The third-order valence-corrected chi connectivity index (χ3v) is 2.75. The highest BCUT2D eigenvalue weighted by atomic mass is 16.5. The topological polar surface area (TPSA) is 41.6 Å². The van der Waals surface area contributed by atoms with Crippen LogP contribution in [0.15, 0.2) is 0 Å². The molecule has 1 heterocycles. The maximum Gasteiger partial charge on any atom is 0.320 e. The molecule has 0 aromatic rings. The average Bonchev–Trinajstić information content (AvgIpc) is 2.25. The van der Waals surface area contributed by atoms with Gasteiger partial charge in [0.15, 0.2) is 0 Å². The molecule has 1 aliphatic rings. The Morgan fingerprint density at radius 1 is 1.38 bits per heavy atom. The fourth-order valence-corrected chi connectivity index (χ4v) is 1.78. The van der Waals surface area contributed by atoms with Gasteiger partial charge >= 0.3 is 5.97 Å². The van der Waals surface area contributed by atoms with Gasteiger partial charge in [0.25, 0.3) is 0 Å². The van der Waals surface area contributed by atoms with E-state index in [1.165, 1.54) is 0 Å². The highest BCUT2D eigenvalue weighted by molar-refractivity contribution is 5.71. The Morgan fingerprint density at radius 2 is 2.06 bits per heavy atom. The molecule has 0 aromatic carbocycles. The molecule has 0 aromatic heterocycles. The van der Waals surface area contributed by atoms with Crippen molar-refractivity contribution in [2.75, 3.05) is 39.3 Å². The van der Waals surface area contributed by atoms with Crippen LogP contribution in [0.1, 0.15) is 26.7 Å². The van der Waals surface area contributed by atoms with Gasteiger partial charge in [-0.05, 0) is 18.8 Å². The van der Waals surface area contributed by atoms with Crippen molar-refractivity contribution >= 4 is 5.97 Å². The summed E-state index contributed by atoms with van der Waals surface area (Å²) in [6, 6.07) is 0. The second-order valence-electron chi connectivity index (χ2n) is 4.78. The molecular formula is C12H24N2O2. The van der Waals surface area contributed by atoms with Gasteiger partial charge in [0.2, 0.25) is 0 Å². The van der Waals surface area contributed by atoms with Gasteiger partial charge in [-0.1, -0.05) is 13.8 Å². The highest BCUT2D eigenvalue weighted by Gasteiger charge is 2.13. The van der Waals surface area contributed by atoms with Gasteiger partial charge < -0.3 is 10.1 Å². The van der Waals surface area contributed by atoms with Crippen LogP contribution in [-0.4, -0.2) is 50.2 Å². The lowest BCUT2D eigenvalue weighted by atomic mass is 10.1. The van der Waals surface area contributed by atoms with E-state index >= 15 is 0 Å². The summed E-state index contributed by atoms with van der Waals surface area (Å²) < 4.78 is 5.19. The molecule has 0 aliphatic carbocycles. The summed E-state index contributed by atoms with van der Waals surface area (Å²) in [4.78, 5) is 13.6. The standard InChI is InChI=1S/C12H24N2O2/c1-11(2)4-3-9-16-12(15)10-14-7-5-13-6-8-14/h11,13H,3-10H2,1-2H3. The average molecular weight is 228 g/mol. The molecule has 94 valence electrons. The van der Waals surface area contributed by atoms with Gasteiger partial charge in [-0.2, -0.15) is 0 Å². The largest absolute Gasteiger partial charge is 0.465 e. The number of ether oxygens (including phenoxy) is 1. The van der Waals surface area contributed by atoms with E-state index in [9.17, 15) is 4.79 Å². The first-order valence-electron chi connectivity index (χ1n) is 6.27. The second-order valence-corrected chi connectivity index (χ2v) is 4.78. The van der Waals surface area contributed by atoms with E-state index in [1.807, 2.05) is 0 Å². The van der Waals surface area contributed by atoms with Crippen molar-refractivity contribution < 1.29 is 9.53 Å². The van der Waals surface area contributed by atoms with E-state index in [0.29, 0.717) is 19.1 Å². The molecular weight excluding hydrogens is 204 g/mol. The number of carbonyl (C=O) groups excluding carboxylic acids is 1. The molecule has 1 saturated heterocycles. The molecule has 16 heavy (non-hydrogen) atoms. The van der Waals surface area contributed by atoms with Gasteiger partial charge in [0.1, 0.15) is 0 Å². The molecule has 0 amide bonds. The fourth-order valence-electron chi connectivity index (χ4n) is 1.78. The normalized spacial score (nSPS) is 17.7. The lowest BCUT2D eigenvalue weighted by Crippen LogP contribution is -2.45. The summed E-state index contributed by atoms with van der Waals surface area (Å²) in [6.07, 6.45) is 2.10. The van der Waals surface area contributed by atoms with Crippen molar-refractivity contribution in [1.29, 1.82) is 0 Å². The molecule has 1 rings (SSSR count). The third kappa shape index (κ3) is 6.08. The summed E-state index contributed by atoms with van der Waals surface area (Å²) >= 11 is 0. The SMILES string of the molecule is CC(C)CCCOC(=O)CN1CCNCC1. The monoisotopic (exact) mass is 228 g/mol. The summed E-state index contributed by atoms with van der Waals surface area (Å²) in [5, 5.41) is 3.26. The van der Waals surface area contributed by atoms with Crippen LogP contribution in [0.4, 0.5) is 0 Å². The zero-order valence-electron chi connectivity index (χ0n) is 10.5. The van der Waals surface area contributed by atoms with E-state index in [1.54, 1.807) is 0 Å². The number of hydrogen-bond acceptors (Lipinski definition) is 4. The second kappa shape index (κ2) is 7.63. The molecule has 1 N–H and O–H groups in total. The van der Waals surface area contributed by atoms with Gasteiger partial charge in [-0.25, -0.2) is 0 Å². The van der Waals surface area contributed by atoms with E-state index in [4.69, 9.17) is 4.74 Å². The zero-order chi connectivity index (χ0) is 11.8. The van der Waals surface area contributed by atoms with Gasteiger partial charge in [0.05, 0.1) is 13.2 Å². The van der Waals surface area contributed by atoms with Crippen molar-refractivity contribution in [3.8, 4) is 0 Å². The fraction of sp³-hybridized carbons (Fsp3) is 0.917. The van der Waals surface area contributed by atoms with Crippen LogP contribution in [0.25, 0.3) is 0 Å². The van der Waals surface area contributed by atoms with Crippen LogP contribution in [0, 0.1) is 5.92 Å². The van der Waals surface area contributed by atoms with Crippen LogP contribution in [0.2, 0.25) is 0 Å². The van der Waals surface area contributed by atoms with Crippen LogP contribution in [-0.2, 0) is 9.53 Å². The predicted molar refractivity (Wildman–Crippen MR) is 64.3 cm³/mol. The Balaban J connectivity index is 2.01. The number of piperazine rings is 1. The first-order chi connectivity index (χ1) is 7.68. The zero-order valence-corrected chi connectivity index (χ0v) is 10.5. The van der Waals surface area contributed by atoms with Crippen LogP contribution in [0.3, 0.4) is 0 Å². The quantitative estimate of drug-likeness (QED) is 0.541. The smallest absolute Gasteiger partial charge is 0.320 e. The Bertz CT molecular complexity index is 201. The predicted octanol–water partition coefficient (Wildman–Crippen LogP) is 0.871. The maximum atomic E-state index is 11.5. The molecule has 0 spiro atoms. The molecule has 0 saturated carbocycles. The van der Waals surface area contributed by atoms with Gasteiger partial charge in [0, 0.05) is 26.2 Å². The first-order valence-corrected chi connectivity index (χ1v) is 6.27. The van der Waals surface area contributed by atoms with Crippen molar-refractivity contribution in [2.24, 2.45) is 5.92 Å². The van der Waals surface area contributed by atoms with Crippen molar-refractivity contribution in [3.05, 3.63) is 0 Å².